The number of hydrogen-bond donors (Lipinski definition) is 0. The van der Waals surface area contributed by atoms with E-state index >= 15 is 0 Å². The lowest BCUT2D eigenvalue weighted by atomic mass is 10.1. The van der Waals surface area contributed by atoms with Gasteiger partial charge in [0.1, 0.15) is 5.75 Å². The largest absolute Gasteiger partial charge is 0.495 e. The van der Waals surface area contributed by atoms with Crippen LogP contribution < -0.4 is 4.74 Å². The molecule has 0 aliphatic carbocycles. The Balaban J connectivity index is 2.75. The minimum Gasteiger partial charge on any atom is -0.495 e. The van der Waals surface area contributed by atoms with Crippen molar-refractivity contribution in [2.24, 2.45) is 0 Å². The van der Waals surface area contributed by atoms with Crippen LogP contribution in [0.3, 0.4) is 0 Å². The Morgan fingerprint density at radius 2 is 2.07 bits per heavy atom. The van der Waals surface area contributed by atoms with Crippen LogP contribution in [-0.4, -0.2) is 12.1 Å². The zero-order valence-corrected chi connectivity index (χ0v) is 9.63. The van der Waals surface area contributed by atoms with Crippen LogP contribution in [0.5, 0.6) is 5.75 Å². The van der Waals surface area contributed by atoms with Gasteiger partial charge >= 0.3 is 0 Å². The average Bonchev–Trinajstić information content (AvgIpc) is 2.16. The second kappa shape index (κ2) is 3.58. The third-order valence-electron chi connectivity index (χ3n) is 2.09. The van der Waals surface area contributed by atoms with Crippen molar-refractivity contribution in [3.05, 3.63) is 34.4 Å². The Kier molecular flexibility index (Phi) is 2.42. The summed E-state index contributed by atoms with van der Waals surface area (Å²) >= 11 is 3.49. The second-order valence-corrected chi connectivity index (χ2v) is 4.05. The third-order valence-corrected chi connectivity index (χ3v) is 2.70. The summed E-state index contributed by atoms with van der Waals surface area (Å²) in [5.74, 6) is 0.787. The van der Waals surface area contributed by atoms with Gasteiger partial charge in [-0.25, -0.2) is 0 Å². The molecule has 0 amide bonds. The summed E-state index contributed by atoms with van der Waals surface area (Å²) in [6.07, 6.45) is 1.72. The van der Waals surface area contributed by atoms with Crippen molar-refractivity contribution in [1.29, 1.82) is 0 Å². The molecule has 2 rings (SSSR count). The Bertz CT molecular complexity index is 482. The molecule has 0 N–H and O–H groups in total. The van der Waals surface area contributed by atoms with Crippen molar-refractivity contribution in [2.45, 2.75) is 6.92 Å². The van der Waals surface area contributed by atoms with Crippen LogP contribution in [0.25, 0.3) is 10.9 Å². The first-order valence-electron chi connectivity index (χ1n) is 4.30. The predicted molar refractivity (Wildman–Crippen MR) is 60.7 cm³/mol. The van der Waals surface area contributed by atoms with E-state index in [0.29, 0.717) is 0 Å². The number of aromatic nitrogens is 1. The summed E-state index contributed by atoms with van der Waals surface area (Å²) in [5, 5.41) is 1.09. The van der Waals surface area contributed by atoms with Crippen molar-refractivity contribution < 1.29 is 4.74 Å². The molecule has 1 aromatic carbocycles. The van der Waals surface area contributed by atoms with Gasteiger partial charge < -0.3 is 4.74 Å². The van der Waals surface area contributed by atoms with E-state index in [1.54, 1.807) is 13.3 Å². The van der Waals surface area contributed by atoms with Gasteiger partial charge in [-0.15, -0.1) is 0 Å². The Labute approximate surface area is 91.0 Å². The minimum atomic E-state index is 0.787. The highest BCUT2D eigenvalue weighted by Gasteiger charge is 2.02. The van der Waals surface area contributed by atoms with Gasteiger partial charge in [0.2, 0.25) is 0 Å². The van der Waals surface area contributed by atoms with E-state index < -0.39 is 0 Å². The molecule has 0 aliphatic heterocycles. The average molecular weight is 252 g/mol. The van der Waals surface area contributed by atoms with E-state index in [0.717, 1.165) is 21.1 Å². The zero-order valence-electron chi connectivity index (χ0n) is 8.04. The van der Waals surface area contributed by atoms with E-state index in [2.05, 4.69) is 40.0 Å². The Hall–Kier alpha value is -1.09. The highest BCUT2D eigenvalue weighted by atomic mass is 79.9. The summed E-state index contributed by atoms with van der Waals surface area (Å²) in [7, 11) is 1.65. The number of pyridine rings is 1. The molecule has 2 nitrogen and oxygen atoms in total. The van der Waals surface area contributed by atoms with E-state index in [9.17, 15) is 0 Å². The van der Waals surface area contributed by atoms with Crippen LogP contribution >= 0.6 is 15.9 Å². The van der Waals surface area contributed by atoms with Crippen LogP contribution in [0, 0.1) is 6.92 Å². The highest BCUT2D eigenvalue weighted by molar-refractivity contribution is 9.10. The van der Waals surface area contributed by atoms with Crippen molar-refractivity contribution in [2.75, 3.05) is 7.11 Å². The molecule has 3 heteroatoms. The monoisotopic (exact) mass is 251 g/mol. The lowest BCUT2D eigenvalue weighted by Crippen LogP contribution is -1.87. The Morgan fingerprint density at radius 1 is 1.29 bits per heavy atom. The number of benzene rings is 1. The molecule has 0 bridgehead atoms. The number of hydrogen-bond acceptors (Lipinski definition) is 2. The van der Waals surface area contributed by atoms with Gasteiger partial charge in [0.15, 0.2) is 0 Å². The molecule has 0 unspecified atom stereocenters. The zero-order chi connectivity index (χ0) is 10.1. The lowest BCUT2D eigenvalue weighted by Gasteiger charge is -2.04. The van der Waals surface area contributed by atoms with Gasteiger partial charge in [-0.05, 0) is 46.6 Å². The van der Waals surface area contributed by atoms with E-state index in [1.165, 1.54) is 5.56 Å². The quantitative estimate of drug-likeness (QED) is 0.776. The summed E-state index contributed by atoms with van der Waals surface area (Å²) < 4.78 is 6.15. The summed E-state index contributed by atoms with van der Waals surface area (Å²) in [4.78, 5) is 4.32. The van der Waals surface area contributed by atoms with Gasteiger partial charge in [0.05, 0.1) is 18.8 Å². The highest BCUT2D eigenvalue weighted by Crippen LogP contribution is 2.26. The van der Waals surface area contributed by atoms with Gasteiger partial charge in [0, 0.05) is 9.86 Å². The Morgan fingerprint density at radius 3 is 2.79 bits per heavy atom. The van der Waals surface area contributed by atoms with E-state index in [-0.39, 0.29) is 0 Å². The normalized spacial score (nSPS) is 10.5. The summed E-state index contributed by atoms with van der Waals surface area (Å²) in [5.41, 5.74) is 2.18. The molecule has 0 radical (unpaired) electrons. The first-order valence-corrected chi connectivity index (χ1v) is 5.10. The van der Waals surface area contributed by atoms with Gasteiger partial charge in [-0.3, -0.25) is 4.98 Å². The van der Waals surface area contributed by atoms with Crippen LogP contribution in [0.1, 0.15) is 5.56 Å². The molecule has 0 saturated heterocycles. The standard InChI is InChI=1S/C11H10BrNO/c1-7-3-8-5-9(14-2)6-13-11(8)10(12)4-7/h3-6H,1-2H3. The first kappa shape index (κ1) is 9.46. The maximum Gasteiger partial charge on any atom is 0.137 e. The van der Waals surface area contributed by atoms with Gasteiger partial charge in [-0.2, -0.15) is 0 Å². The maximum atomic E-state index is 5.12. The van der Waals surface area contributed by atoms with E-state index in [4.69, 9.17) is 4.74 Å². The number of fused-ring (bicyclic) bond motifs is 1. The summed E-state index contributed by atoms with van der Waals surface area (Å²) in [6.45, 7) is 2.06. The number of methoxy groups -OCH3 is 1. The van der Waals surface area contributed by atoms with Crippen LogP contribution in [0.4, 0.5) is 0 Å². The molecule has 1 heterocycles. The fourth-order valence-electron chi connectivity index (χ4n) is 1.44. The number of aryl methyl sites for hydroxylation is 1. The molecule has 0 aliphatic rings. The molecule has 0 atom stereocenters. The van der Waals surface area contributed by atoms with Crippen molar-refractivity contribution in [1.82, 2.24) is 4.98 Å². The van der Waals surface area contributed by atoms with Crippen molar-refractivity contribution in [3.63, 3.8) is 0 Å². The second-order valence-electron chi connectivity index (χ2n) is 3.19. The molecule has 2 aromatic rings. The molecule has 1 aromatic heterocycles. The van der Waals surface area contributed by atoms with Gasteiger partial charge in [-0.1, -0.05) is 0 Å². The van der Waals surface area contributed by atoms with E-state index in [1.807, 2.05) is 6.07 Å². The number of ether oxygens (including phenoxy) is 1. The van der Waals surface area contributed by atoms with Crippen molar-refractivity contribution in [3.8, 4) is 5.75 Å². The molecule has 14 heavy (non-hydrogen) atoms. The number of rotatable bonds is 1. The fourth-order valence-corrected chi connectivity index (χ4v) is 2.13. The third kappa shape index (κ3) is 1.60. The van der Waals surface area contributed by atoms with Crippen LogP contribution in [-0.2, 0) is 0 Å². The first-order chi connectivity index (χ1) is 6.70. The predicted octanol–water partition coefficient (Wildman–Crippen LogP) is 3.31. The SMILES string of the molecule is COc1cnc2c(Br)cc(C)cc2c1. The smallest absolute Gasteiger partial charge is 0.137 e. The van der Waals surface area contributed by atoms with Crippen molar-refractivity contribution >= 4 is 26.8 Å². The molecule has 0 spiro atoms. The molecule has 72 valence electrons. The lowest BCUT2D eigenvalue weighted by molar-refractivity contribution is 0.414. The molecule has 0 saturated carbocycles. The number of nitrogens with zero attached hydrogens (tertiary/aromatic N) is 1. The van der Waals surface area contributed by atoms with Crippen LogP contribution in [0.2, 0.25) is 0 Å². The topological polar surface area (TPSA) is 22.1 Å². The van der Waals surface area contributed by atoms with Gasteiger partial charge in [0.25, 0.3) is 0 Å². The maximum absolute atomic E-state index is 5.12. The number of halogens is 1. The minimum absolute atomic E-state index is 0.787. The van der Waals surface area contributed by atoms with Crippen LogP contribution in [0.15, 0.2) is 28.9 Å². The summed E-state index contributed by atoms with van der Waals surface area (Å²) in [6, 6.07) is 6.14. The molecular weight excluding hydrogens is 242 g/mol. The molecular formula is C11H10BrNO. The molecule has 0 fully saturated rings. The fraction of sp³-hybridized carbons (Fsp3) is 0.182.